The molecule has 0 fully saturated rings. The lowest BCUT2D eigenvalue weighted by Crippen LogP contribution is -2.37. The molecule has 2 aromatic rings. The van der Waals surface area contributed by atoms with E-state index in [9.17, 15) is 9.59 Å². The molecular formula is C19H25N3O4. The molecule has 1 heterocycles. The highest BCUT2D eigenvalue weighted by Gasteiger charge is 2.15. The van der Waals surface area contributed by atoms with E-state index in [0.717, 1.165) is 5.75 Å². The van der Waals surface area contributed by atoms with Crippen molar-refractivity contribution in [2.24, 2.45) is 0 Å². The Bertz CT molecular complexity index is 795. The smallest absolute Gasteiger partial charge is 0.254 e. The standard InChI is InChI=1S/C19H25N3O4/c1-5-21(6-2)19(24)12-22-17(20-14(3)11-18(22)23)13-26-16-9-7-15(25-4)8-10-16/h7-11H,5-6,12-13H2,1-4H3. The largest absolute Gasteiger partial charge is 0.497 e. The molecule has 140 valence electrons. The molecule has 7 nitrogen and oxygen atoms in total. The lowest BCUT2D eigenvalue weighted by Gasteiger charge is -2.20. The first kappa shape index (κ1) is 19.5. The zero-order chi connectivity index (χ0) is 19.1. The van der Waals surface area contributed by atoms with Crippen LogP contribution in [0.4, 0.5) is 0 Å². The second-order valence-corrected chi connectivity index (χ2v) is 5.77. The van der Waals surface area contributed by atoms with Gasteiger partial charge >= 0.3 is 0 Å². The zero-order valence-corrected chi connectivity index (χ0v) is 15.7. The van der Waals surface area contributed by atoms with Crippen molar-refractivity contribution in [3.8, 4) is 11.5 Å². The summed E-state index contributed by atoms with van der Waals surface area (Å²) in [4.78, 5) is 30.8. The van der Waals surface area contributed by atoms with Crippen molar-refractivity contribution >= 4 is 5.91 Å². The first-order valence-corrected chi connectivity index (χ1v) is 8.60. The number of carbonyl (C=O) groups excluding carboxylic acids is 1. The topological polar surface area (TPSA) is 73.7 Å². The van der Waals surface area contributed by atoms with Crippen LogP contribution in [0.1, 0.15) is 25.4 Å². The molecule has 0 aliphatic heterocycles. The van der Waals surface area contributed by atoms with Gasteiger partial charge in [0.25, 0.3) is 5.56 Å². The third-order valence-corrected chi connectivity index (χ3v) is 4.05. The van der Waals surface area contributed by atoms with Gasteiger partial charge in [-0.05, 0) is 45.0 Å². The van der Waals surface area contributed by atoms with E-state index >= 15 is 0 Å². The van der Waals surface area contributed by atoms with Gasteiger partial charge in [-0.25, -0.2) is 4.98 Å². The average molecular weight is 359 g/mol. The monoisotopic (exact) mass is 359 g/mol. The number of benzene rings is 1. The van der Waals surface area contributed by atoms with E-state index in [1.165, 1.54) is 10.6 Å². The predicted octanol–water partition coefficient (Wildman–Crippen LogP) is 2.01. The van der Waals surface area contributed by atoms with Crippen molar-refractivity contribution < 1.29 is 14.3 Å². The van der Waals surface area contributed by atoms with Crippen LogP contribution >= 0.6 is 0 Å². The van der Waals surface area contributed by atoms with Gasteiger partial charge in [0.2, 0.25) is 5.91 Å². The van der Waals surface area contributed by atoms with Gasteiger partial charge < -0.3 is 14.4 Å². The Labute approximate surface area is 153 Å². The Hall–Kier alpha value is -2.83. The molecule has 1 aromatic carbocycles. The molecule has 0 saturated carbocycles. The SMILES string of the molecule is CCN(CC)C(=O)Cn1c(COc2ccc(OC)cc2)nc(C)cc1=O. The molecule has 1 aromatic heterocycles. The lowest BCUT2D eigenvalue weighted by molar-refractivity contribution is -0.131. The van der Waals surface area contributed by atoms with Crippen LogP contribution in [0.2, 0.25) is 0 Å². The summed E-state index contributed by atoms with van der Waals surface area (Å²) in [5.41, 5.74) is 0.334. The van der Waals surface area contributed by atoms with E-state index in [1.807, 2.05) is 13.8 Å². The number of likely N-dealkylation sites (N-methyl/N-ethyl adjacent to an activating group) is 1. The maximum atomic E-state index is 12.4. The first-order chi connectivity index (χ1) is 12.5. The van der Waals surface area contributed by atoms with Gasteiger partial charge in [0.1, 0.15) is 30.5 Å². The van der Waals surface area contributed by atoms with Crippen molar-refractivity contribution in [1.82, 2.24) is 14.5 Å². The molecule has 7 heteroatoms. The van der Waals surface area contributed by atoms with E-state index in [2.05, 4.69) is 4.98 Å². The van der Waals surface area contributed by atoms with Crippen molar-refractivity contribution in [1.29, 1.82) is 0 Å². The molecule has 0 atom stereocenters. The minimum absolute atomic E-state index is 0.0465. The van der Waals surface area contributed by atoms with E-state index < -0.39 is 0 Å². The summed E-state index contributed by atoms with van der Waals surface area (Å²) >= 11 is 0. The van der Waals surface area contributed by atoms with Crippen LogP contribution in [0.25, 0.3) is 0 Å². The number of aryl methyl sites for hydroxylation is 1. The minimum Gasteiger partial charge on any atom is -0.497 e. The van der Waals surface area contributed by atoms with E-state index in [-0.39, 0.29) is 24.6 Å². The van der Waals surface area contributed by atoms with Gasteiger partial charge in [-0.15, -0.1) is 0 Å². The van der Waals surface area contributed by atoms with Crippen LogP contribution in [0.5, 0.6) is 11.5 Å². The predicted molar refractivity (Wildman–Crippen MR) is 98.5 cm³/mol. The fourth-order valence-corrected chi connectivity index (χ4v) is 2.59. The summed E-state index contributed by atoms with van der Waals surface area (Å²) in [6, 6.07) is 8.55. The number of hydrogen-bond donors (Lipinski definition) is 0. The quantitative estimate of drug-likeness (QED) is 0.721. The van der Waals surface area contributed by atoms with Crippen molar-refractivity contribution in [2.75, 3.05) is 20.2 Å². The highest BCUT2D eigenvalue weighted by atomic mass is 16.5. The normalized spacial score (nSPS) is 10.5. The first-order valence-electron chi connectivity index (χ1n) is 8.60. The summed E-state index contributed by atoms with van der Waals surface area (Å²) in [6.07, 6.45) is 0. The maximum absolute atomic E-state index is 12.4. The summed E-state index contributed by atoms with van der Waals surface area (Å²) in [5.74, 6) is 1.66. The van der Waals surface area contributed by atoms with Gasteiger partial charge in [0.15, 0.2) is 0 Å². The molecule has 0 radical (unpaired) electrons. The number of carbonyl (C=O) groups is 1. The summed E-state index contributed by atoms with van der Waals surface area (Å²) in [7, 11) is 1.60. The molecule has 0 unspecified atom stereocenters. The molecule has 0 aliphatic carbocycles. The van der Waals surface area contributed by atoms with Crippen LogP contribution in [-0.2, 0) is 17.9 Å². The second kappa shape index (κ2) is 9.03. The van der Waals surface area contributed by atoms with Gasteiger partial charge in [0, 0.05) is 24.8 Å². The highest BCUT2D eigenvalue weighted by Crippen LogP contribution is 2.17. The Morgan fingerprint density at radius 3 is 2.35 bits per heavy atom. The number of ether oxygens (including phenoxy) is 2. The molecule has 26 heavy (non-hydrogen) atoms. The number of aromatic nitrogens is 2. The third kappa shape index (κ3) is 4.84. The fraction of sp³-hybridized carbons (Fsp3) is 0.421. The summed E-state index contributed by atoms with van der Waals surface area (Å²) < 4.78 is 12.2. The van der Waals surface area contributed by atoms with Crippen LogP contribution in [0.3, 0.4) is 0 Å². The Morgan fingerprint density at radius 1 is 1.15 bits per heavy atom. The van der Waals surface area contributed by atoms with Gasteiger partial charge in [-0.1, -0.05) is 0 Å². The van der Waals surface area contributed by atoms with Crippen molar-refractivity contribution in [3.05, 3.63) is 52.2 Å². The van der Waals surface area contributed by atoms with Crippen molar-refractivity contribution in [2.45, 2.75) is 33.9 Å². The number of nitrogens with zero attached hydrogens (tertiary/aromatic N) is 3. The minimum atomic E-state index is -0.258. The molecule has 0 saturated heterocycles. The zero-order valence-electron chi connectivity index (χ0n) is 15.7. The van der Waals surface area contributed by atoms with Crippen molar-refractivity contribution in [3.63, 3.8) is 0 Å². The van der Waals surface area contributed by atoms with Gasteiger partial charge in [-0.3, -0.25) is 14.2 Å². The number of rotatable bonds is 8. The molecule has 0 aliphatic rings. The summed E-state index contributed by atoms with van der Waals surface area (Å²) in [5, 5.41) is 0. The van der Waals surface area contributed by atoms with Crippen LogP contribution in [-0.4, -0.2) is 40.6 Å². The lowest BCUT2D eigenvalue weighted by atomic mass is 10.3. The van der Waals surface area contributed by atoms with Crippen LogP contribution < -0.4 is 15.0 Å². The number of methoxy groups -OCH3 is 1. The molecule has 2 rings (SSSR count). The maximum Gasteiger partial charge on any atom is 0.254 e. The third-order valence-electron chi connectivity index (χ3n) is 4.05. The second-order valence-electron chi connectivity index (χ2n) is 5.77. The molecule has 0 bridgehead atoms. The molecule has 0 N–H and O–H groups in total. The average Bonchev–Trinajstić information content (AvgIpc) is 2.63. The van der Waals surface area contributed by atoms with E-state index in [0.29, 0.717) is 30.4 Å². The molecule has 1 amide bonds. The van der Waals surface area contributed by atoms with E-state index in [4.69, 9.17) is 9.47 Å². The Morgan fingerprint density at radius 2 is 1.77 bits per heavy atom. The fourth-order valence-electron chi connectivity index (χ4n) is 2.59. The van der Waals surface area contributed by atoms with Crippen LogP contribution in [0, 0.1) is 6.92 Å². The van der Waals surface area contributed by atoms with E-state index in [1.54, 1.807) is 43.2 Å². The molecular weight excluding hydrogens is 334 g/mol. The van der Waals surface area contributed by atoms with Crippen LogP contribution in [0.15, 0.2) is 35.1 Å². The number of amides is 1. The highest BCUT2D eigenvalue weighted by molar-refractivity contribution is 5.76. The molecule has 0 spiro atoms. The van der Waals surface area contributed by atoms with Gasteiger partial charge in [-0.2, -0.15) is 0 Å². The number of hydrogen-bond acceptors (Lipinski definition) is 5. The Balaban J connectivity index is 2.20. The summed E-state index contributed by atoms with van der Waals surface area (Å²) in [6.45, 7) is 6.80. The van der Waals surface area contributed by atoms with Gasteiger partial charge in [0.05, 0.1) is 7.11 Å². The Kier molecular flexibility index (Phi) is 6.77.